The molecule has 0 spiro atoms. The summed E-state index contributed by atoms with van der Waals surface area (Å²) in [6, 6.07) is 3.48. The summed E-state index contributed by atoms with van der Waals surface area (Å²) >= 11 is 0. The van der Waals surface area contributed by atoms with Crippen LogP contribution in [0, 0.1) is 6.92 Å². The van der Waals surface area contributed by atoms with E-state index in [1.54, 1.807) is 6.92 Å². The van der Waals surface area contributed by atoms with Crippen molar-refractivity contribution < 1.29 is 18.0 Å². The SMILES string of the molecule is Cc1[nH]cnc1C(=O)Nc1ccn(-c2ncccc2C(F)(F)F)n1. The normalized spacial score (nSPS) is 11.5. The van der Waals surface area contributed by atoms with Gasteiger partial charge >= 0.3 is 6.18 Å². The van der Waals surface area contributed by atoms with Gasteiger partial charge in [-0.2, -0.15) is 13.2 Å². The highest BCUT2D eigenvalue weighted by molar-refractivity contribution is 6.03. The van der Waals surface area contributed by atoms with Crippen LogP contribution in [0.2, 0.25) is 0 Å². The number of pyridine rings is 1. The number of nitrogens with one attached hydrogen (secondary N) is 2. The number of nitrogens with zero attached hydrogens (tertiary/aromatic N) is 4. The first-order chi connectivity index (χ1) is 11.4. The predicted molar refractivity (Wildman–Crippen MR) is 77.6 cm³/mol. The highest BCUT2D eigenvalue weighted by Crippen LogP contribution is 2.32. The molecule has 1 amide bonds. The summed E-state index contributed by atoms with van der Waals surface area (Å²) < 4.78 is 40.0. The maximum Gasteiger partial charge on any atom is 0.420 e. The van der Waals surface area contributed by atoms with Crippen LogP contribution in [-0.4, -0.2) is 30.6 Å². The van der Waals surface area contributed by atoms with E-state index in [2.05, 4.69) is 25.4 Å². The molecule has 0 atom stereocenters. The molecule has 0 aliphatic rings. The zero-order chi connectivity index (χ0) is 17.3. The number of H-pyrrole nitrogens is 1. The quantitative estimate of drug-likeness (QED) is 0.769. The van der Waals surface area contributed by atoms with Crippen molar-refractivity contribution in [2.24, 2.45) is 0 Å². The van der Waals surface area contributed by atoms with Gasteiger partial charge in [0.25, 0.3) is 5.91 Å². The Labute approximate surface area is 133 Å². The van der Waals surface area contributed by atoms with Crippen LogP contribution in [0.5, 0.6) is 0 Å². The number of hydrogen-bond donors (Lipinski definition) is 2. The zero-order valence-electron chi connectivity index (χ0n) is 12.3. The summed E-state index contributed by atoms with van der Waals surface area (Å²) in [5, 5.41) is 6.39. The number of rotatable bonds is 3. The van der Waals surface area contributed by atoms with Crippen molar-refractivity contribution in [3.8, 4) is 5.82 Å². The zero-order valence-corrected chi connectivity index (χ0v) is 12.3. The molecule has 10 heteroatoms. The van der Waals surface area contributed by atoms with Gasteiger partial charge in [0.15, 0.2) is 11.6 Å². The Kier molecular flexibility index (Phi) is 3.80. The molecular weight excluding hydrogens is 325 g/mol. The van der Waals surface area contributed by atoms with E-state index in [4.69, 9.17) is 0 Å². The molecule has 0 saturated carbocycles. The summed E-state index contributed by atoms with van der Waals surface area (Å²) in [7, 11) is 0. The monoisotopic (exact) mass is 336 g/mol. The van der Waals surface area contributed by atoms with Gasteiger partial charge in [0, 0.05) is 24.2 Å². The average molecular weight is 336 g/mol. The summed E-state index contributed by atoms with van der Waals surface area (Å²) in [5.41, 5.74) is -0.177. The fraction of sp³-hybridized carbons (Fsp3) is 0.143. The topological polar surface area (TPSA) is 88.5 Å². The van der Waals surface area contributed by atoms with E-state index in [1.807, 2.05) is 0 Å². The summed E-state index contributed by atoms with van der Waals surface area (Å²) in [5.74, 6) is -0.807. The third kappa shape index (κ3) is 2.98. The fourth-order valence-corrected chi connectivity index (χ4v) is 2.07. The van der Waals surface area contributed by atoms with E-state index in [-0.39, 0.29) is 17.3 Å². The summed E-state index contributed by atoms with van der Waals surface area (Å²) in [6.07, 6.45) is -0.681. The van der Waals surface area contributed by atoms with Crippen molar-refractivity contribution in [3.05, 3.63) is 53.9 Å². The lowest BCUT2D eigenvalue weighted by atomic mass is 10.2. The number of amides is 1. The van der Waals surface area contributed by atoms with E-state index in [0.717, 1.165) is 10.7 Å². The van der Waals surface area contributed by atoms with Crippen LogP contribution >= 0.6 is 0 Å². The number of aromatic amines is 1. The number of alkyl halides is 3. The highest BCUT2D eigenvalue weighted by Gasteiger charge is 2.34. The molecule has 0 unspecified atom stereocenters. The average Bonchev–Trinajstić information content (AvgIpc) is 3.15. The van der Waals surface area contributed by atoms with Crippen molar-refractivity contribution in [3.63, 3.8) is 0 Å². The molecule has 7 nitrogen and oxygen atoms in total. The van der Waals surface area contributed by atoms with Gasteiger partial charge in [0.1, 0.15) is 11.3 Å². The highest BCUT2D eigenvalue weighted by atomic mass is 19.4. The molecule has 3 heterocycles. The van der Waals surface area contributed by atoms with Gasteiger partial charge < -0.3 is 10.3 Å². The molecule has 0 radical (unpaired) electrons. The van der Waals surface area contributed by atoms with Gasteiger partial charge in [-0.05, 0) is 19.1 Å². The number of halogens is 3. The van der Waals surface area contributed by atoms with Crippen LogP contribution in [0.15, 0.2) is 36.9 Å². The molecule has 24 heavy (non-hydrogen) atoms. The lowest BCUT2D eigenvalue weighted by molar-refractivity contribution is -0.137. The summed E-state index contributed by atoms with van der Waals surface area (Å²) in [6.45, 7) is 1.67. The van der Waals surface area contributed by atoms with Crippen molar-refractivity contribution >= 4 is 11.7 Å². The molecule has 0 aromatic carbocycles. The standard InChI is InChI=1S/C14H11F3N6O/c1-8-11(20-7-19-8)13(24)21-10-4-6-23(22-10)12-9(14(15,16)17)3-2-5-18-12/h2-7H,1H3,(H,19,20)(H,21,22,24). The molecule has 0 aliphatic carbocycles. The number of aryl methyl sites for hydroxylation is 1. The number of carbonyl (C=O) groups is 1. The molecule has 2 N–H and O–H groups in total. The number of anilines is 1. The predicted octanol–water partition coefficient (Wildman–Crippen LogP) is 2.57. The van der Waals surface area contributed by atoms with E-state index in [0.29, 0.717) is 5.69 Å². The Morgan fingerprint density at radius 3 is 2.75 bits per heavy atom. The van der Waals surface area contributed by atoms with Crippen molar-refractivity contribution in [1.82, 2.24) is 24.7 Å². The van der Waals surface area contributed by atoms with Crippen LogP contribution in [0.3, 0.4) is 0 Å². The first kappa shape index (κ1) is 15.7. The lowest BCUT2D eigenvalue weighted by Gasteiger charge is -2.11. The maximum absolute atomic E-state index is 13.0. The van der Waals surface area contributed by atoms with Gasteiger partial charge in [0.05, 0.1) is 6.33 Å². The van der Waals surface area contributed by atoms with Crippen LogP contribution < -0.4 is 5.32 Å². The number of hydrogen-bond acceptors (Lipinski definition) is 4. The largest absolute Gasteiger partial charge is 0.420 e. The van der Waals surface area contributed by atoms with Crippen LogP contribution in [0.4, 0.5) is 19.0 Å². The molecule has 0 aliphatic heterocycles. The Morgan fingerprint density at radius 2 is 2.08 bits per heavy atom. The minimum absolute atomic E-state index is 0.0844. The van der Waals surface area contributed by atoms with Crippen molar-refractivity contribution in [2.45, 2.75) is 13.1 Å². The molecule has 0 bridgehead atoms. The number of imidazole rings is 1. The van der Waals surface area contributed by atoms with Crippen LogP contribution in [-0.2, 0) is 6.18 Å². The van der Waals surface area contributed by atoms with Crippen molar-refractivity contribution in [2.75, 3.05) is 5.32 Å². The molecular formula is C14H11F3N6O. The van der Waals surface area contributed by atoms with Gasteiger partial charge in [-0.3, -0.25) is 4.79 Å². The summed E-state index contributed by atoms with van der Waals surface area (Å²) in [4.78, 5) is 22.4. The van der Waals surface area contributed by atoms with E-state index >= 15 is 0 Å². The number of aromatic nitrogens is 5. The number of carbonyl (C=O) groups excluding carboxylic acids is 1. The third-order valence-corrected chi connectivity index (χ3v) is 3.18. The lowest BCUT2D eigenvalue weighted by Crippen LogP contribution is -2.15. The van der Waals surface area contributed by atoms with Crippen LogP contribution in [0.25, 0.3) is 5.82 Å². The minimum Gasteiger partial charge on any atom is -0.348 e. The smallest absolute Gasteiger partial charge is 0.348 e. The molecule has 0 saturated heterocycles. The van der Waals surface area contributed by atoms with E-state index in [1.165, 1.54) is 30.9 Å². The minimum atomic E-state index is -4.56. The molecule has 3 aromatic rings. The Balaban J connectivity index is 1.87. The van der Waals surface area contributed by atoms with Gasteiger partial charge in [-0.1, -0.05) is 0 Å². The second-order valence-electron chi connectivity index (χ2n) is 4.85. The Bertz CT molecular complexity index is 883. The molecule has 3 rings (SSSR count). The Morgan fingerprint density at radius 1 is 1.29 bits per heavy atom. The van der Waals surface area contributed by atoms with E-state index < -0.39 is 17.6 Å². The first-order valence-corrected chi connectivity index (χ1v) is 6.76. The Hall–Kier alpha value is -3.17. The molecule has 3 aromatic heterocycles. The fourth-order valence-electron chi connectivity index (χ4n) is 2.07. The third-order valence-electron chi connectivity index (χ3n) is 3.18. The van der Waals surface area contributed by atoms with E-state index in [9.17, 15) is 18.0 Å². The first-order valence-electron chi connectivity index (χ1n) is 6.76. The van der Waals surface area contributed by atoms with Gasteiger partial charge in [0.2, 0.25) is 0 Å². The van der Waals surface area contributed by atoms with Crippen LogP contribution in [0.1, 0.15) is 21.7 Å². The maximum atomic E-state index is 13.0. The molecule has 124 valence electrons. The van der Waals surface area contributed by atoms with Gasteiger partial charge in [-0.25, -0.2) is 14.6 Å². The second kappa shape index (κ2) is 5.80. The molecule has 0 fully saturated rings. The van der Waals surface area contributed by atoms with Crippen molar-refractivity contribution in [1.29, 1.82) is 0 Å². The van der Waals surface area contributed by atoms with Gasteiger partial charge in [-0.15, -0.1) is 5.10 Å². The second-order valence-corrected chi connectivity index (χ2v) is 4.85.